The van der Waals surface area contributed by atoms with Crippen molar-refractivity contribution >= 4 is 11.9 Å². The van der Waals surface area contributed by atoms with Gasteiger partial charge in [-0.2, -0.15) is 0 Å². The van der Waals surface area contributed by atoms with E-state index >= 15 is 0 Å². The summed E-state index contributed by atoms with van der Waals surface area (Å²) in [6.07, 6.45) is 0. The average Bonchev–Trinajstić information content (AvgIpc) is 2.04. The van der Waals surface area contributed by atoms with Crippen LogP contribution in [-0.4, -0.2) is 36.6 Å². The average molecular weight is 188 g/mol. The van der Waals surface area contributed by atoms with Gasteiger partial charge in [-0.15, -0.1) is 0 Å². The standard InChI is InChI=1S/C8H16N2O3/c1-5(4-9-3)7(11)10-6(2)8(12)13/h5-6,9H,4H2,1-3H3,(H,10,11)(H,12,13)/t5?,6-/m0/s1. The molecule has 0 aliphatic carbocycles. The van der Waals surface area contributed by atoms with Crippen LogP contribution in [0.2, 0.25) is 0 Å². The lowest BCUT2D eigenvalue weighted by atomic mass is 10.1. The number of carboxylic acid groups (broad SMARTS) is 1. The first-order valence-corrected chi connectivity index (χ1v) is 4.16. The van der Waals surface area contributed by atoms with E-state index in [1.165, 1.54) is 6.92 Å². The van der Waals surface area contributed by atoms with Crippen LogP contribution in [0.5, 0.6) is 0 Å². The van der Waals surface area contributed by atoms with Crippen molar-refractivity contribution in [2.75, 3.05) is 13.6 Å². The molecule has 13 heavy (non-hydrogen) atoms. The van der Waals surface area contributed by atoms with Crippen LogP contribution in [-0.2, 0) is 9.59 Å². The maximum atomic E-state index is 11.2. The van der Waals surface area contributed by atoms with Crippen LogP contribution >= 0.6 is 0 Å². The fourth-order valence-electron chi connectivity index (χ4n) is 0.816. The summed E-state index contributed by atoms with van der Waals surface area (Å²) in [6, 6.07) is -0.827. The molecule has 1 unspecified atom stereocenters. The maximum Gasteiger partial charge on any atom is 0.325 e. The Morgan fingerprint density at radius 3 is 2.31 bits per heavy atom. The number of nitrogens with one attached hydrogen (secondary N) is 2. The molecule has 0 aliphatic heterocycles. The van der Waals surface area contributed by atoms with E-state index in [9.17, 15) is 9.59 Å². The Balaban J connectivity index is 3.92. The summed E-state index contributed by atoms with van der Waals surface area (Å²) in [5, 5.41) is 13.7. The van der Waals surface area contributed by atoms with Gasteiger partial charge in [0.05, 0.1) is 0 Å². The van der Waals surface area contributed by atoms with Gasteiger partial charge in [-0.1, -0.05) is 6.92 Å². The summed E-state index contributed by atoms with van der Waals surface area (Å²) >= 11 is 0. The quantitative estimate of drug-likeness (QED) is 0.540. The molecule has 0 spiro atoms. The van der Waals surface area contributed by atoms with Crippen molar-refractivity contribution in [2.45, 2.75) is 19.9 Å². The highest BCUT2D eigenvalue weighted by Gasteiger charge is 2.17. The van der Waals surface area contributed by atoms with Crippen LogP contribution in [0.15, 0.2) is 0 Å². The zero-order valence-corrected chi connectivity index (χ0v) is 8.13. The van der Waals surface area contributed by atoms with Gasteiger partial charge in [0.2, 0.25) is 5.91 Å². The van der Waals surface area contributed by atoms with Crippen molar-refractivity contribution in [3.63, 3.8) is 0 Å². The predicted molar refractivity (Wildman–Crippen MR) is 48.3 cm³/mol. The number of carbonyl (C=O) groups excluding carboxylic acids is 1. The molecule has 0 bridgehead atoms. The number of hydrogen-bond acceptors (Lipinski definition) is 3. The second kappa shape index (κ2) is 5.53. The normalized spacial score (nSPS) is 14.7. The molecule has 0 aromatic heterocycles. The summed E-state index contributed by atoms with van der Waals surface area (Å²) in [7, 11) is 1.74. The molecule has 3 N–H and O–H groups in total. The van der Waals surface area contributed by atoms with Crippen molar-refractivity contribution < 1.29 is 14.7 Å². The molecule has 0 fully saturated rings. The third kappa shape index (κ3) is 4.47. The van der Waals surface area contributed by atoms with Gasteiger partial charge in [0.25, 0.3) is 0 Å². The van der Waals surface area contributed by atoms with E-state index in [0.717, 1.165) is 0 Å². The van der Waals surface area contributed by atoms with E-state index < -0.39 is 12.0 Å². The molecule has 5 heteroatoms. The summed E-state index contributed by atoms with van der Waals surface area (Å²) in [4.78, 5) is 21.6. The van der Waals surface area contributed by atoms with Crippen LogP contribution in [0.3, 0.4) is 0 Å². The molecule has 0 aliphatic rings. The molecule has 0 heterocycles. The van der Waals surface area contributed by atoms with E-state index in [1.54, 1.807) is 14.0 Å². The Morgan fingerprint density at radius 1 is 1.38 bits per heavy atom. The lowest BCUT2D eigenvalue weighted by Crippen LogP contribution is -2.43. The molecular formula is C8H16N2O3. The van der Waals surface area contributed by atoms with Gasteiger partial charge in [0.1, 0.15) is 6.04 Å². The first-order valence-electron chi connectivity index (χ1n) is 4.16. The van der Waals surface area contributed by atoms with Crippen molar-refractivity contribution in [3.8, 4) is 0 Å². The molecule has 0 radical (unpaired) electrons. The predicted octanol–water partition coefficient (Wildman–Crippen LogP) is -0.569. The Morgan fingerprint density at radius 2 is 1.92 bits per heavy atom. The molecule has 0 saturated carbocycles. The first kappa shape index (κ1) is 11.9. The Labute approximate surface area is 77.5 Å². The molecule has 0 rings (SSSR count). The largest absolute Gasteiger partial charge is 0.480 e. The fraction of sp³-hybridized carbons (Fsp3) is 0.750. The zero-order chi connectivity index (χ0) is 10.4. The summed E-state index contributed by atoms with van der Waals surface area (Å²) in [5.41, 5.74) is 0. The van der Waals surface area contributed by atoms with E-state index in [2.05, 4.69) is 10.6 Å². The Hall–Kier alpha value is -1.10. The van der Waals surface area contributed by atoms with Crippen LogP contribution in [0, 0.1) is 5.92 Å². The highest BCUT2D eigenvalue weighted by atomic mass is 16.4. The molecule has 0 saturated heterocycles. The number of aliphatic carboxylic acids is 1. The SMILES string of the molecule is CNCC(C)C(=O)N[C@@H](C)C(=O)O. The molecular weight excluding hydrogens is 172 g/mol. The van der Waals surface area contributed by atoms with Gasteiger partial charge >= 0.3 is 5.97 Å². The summed E-state index contributed by atoms with van der Waals surface area (Å²) in [6.45, 7) is 3.71. The van der Waals surface area contributed by atoms with Gasteiger partial charge in [0, 0.05) is 12.5 Å². The topological polar surface area (TPSA) is 78.4 Å². The highest BCUT2D eigenvalue weighted by Crippen LogP contribution is 1.93. The first-order chi connectivity index (χ1) is 5.99. The molecule has 76 valence electrons. The third-order valence-corrected chi connectivity index (χ3v) is 1.69. The lowest BCUT2D eigenvalue weighted by Gasteiger charge is -2.13. The monoisotopic (exact) mass is 188 g/mol. The van der Waals surface area contributed by atoms with E-state index in [0.29, 0.717) is 6.54 Å². The smallest absolute Gasteiger partial charge is 0.325 e. The molecule has 0 aromatic rings. The second-order valence-corrected chi connectivity index (χ2v) is 3.03. The van der Waals surface area contributed by atoms with Gasteiger partial charge < -0.3 is 15.7 Å². The van der Waals surface area contributed by atoms with E-state index in [4.69, 9.17) is 5.11 Å². The maximum absolute atomic E-state index is 11.2. The van der Waals surface area contributed by atoms with Crippen molar-refractivity contribution in [2.24, 2.45) is 5.92 Å². The molecule has 2 atom stereocenters. The van der Waals surface area contributed by atoms with Gasteiger partial charge in [-0.25, -0.2) is 0 Å². The summed E-state index contributed by atoms with van der Waals surface area (Å²) in [5.74, 6) is -1.49. The van der Waals surface area contributed by atoms with Crippen LogP contribution in [0.1, 0.15) is 13.8 Å². The fourth-order valence-corrected chi connectivity index (χ4v) is 0.816. The minimum atomic E-state index is -1.02. The Kier molecular flexibility index (Phi) is 5.06. The molecule has 0 aromatic carbocycles. The van der Waals surface area contributed by atoms with Gasteiger partial charge in [-0.05, 0) is 14.0 Å². The number of carboxylic acids is 1. The van der Waals surface area contributed by atoms with Crippen molar-refractivity contribution in [1.82, 2.24) is 10.6 Å². The van der Waals surface area contributed by atoms with Gasteiger partial charge in [-0.3, -0.25) is 9.59 Å². The number of carbonyl (C=O) groups is 2. The minimum absolute atomic E-state index is 0.216. The second-order valence-electron chi connectivity index (χ2n) is 3.03. The van der Waals surface area contributed by atoms with Crippen LogP contribution in [0.25, 0.3) is 0 Å². The number of hydrogen-bond donors (Lipinski definition) is 3. The highest BCUT2D eigenvalue weighted by molar-refractivity contribution is 5.84. The number of amides is 1. The van der Waals surface area contributed by atoms with Crippen molar-refractivity contribution in [1.29, 1.82) is 0 Å². The summed E-state index contributed by atoms with van der Waals surface area (Å²) < 4.78 is 0. The third-order valence-electron chi connectivity index (χ3n) is 1.69. The molecule has 1 amide bonds. The van der Waals surface area contributed by atoms with Crippen LogP contribution in [0.4, 0.5) is 0 Å². The van der Waals surface area contributed by atoms with Gasteiger partial charge in [0.15, 0.2) is 0 Å². The van der Waals surface area contributed by atoms with E-state index in [-0.39, 0.29) is 11.8 Å². The Bertz CT molecular complexity index is 194. The lowest BCUT2D eigenvalue weighted by molar-refractivity contribution is -0.141. The van der Waals surface area contributed by atoms with Crippen LogP contribution < -0.4 is 10.6 Å². The number of rotatable bonds is 5. The zero-order valence-electron chi connectivity index (χ0n) is 8.13. The molecule has 5 nitrogen and oxygen atoms in total. The van der Waals surface area contributed by atoms with E-state index in [1.807, 2.05) is 0 Å². The van der Waals surface area contributed by atoms with Crippen molar-refractivity contribution in [3.05, 3.63) is 0 Å². The minimum Gasteiger partial charge on any atom is -0.480 e.